The van der Waals surface area contributed by atoms with Crippen LogP contribution in [0.25, 0.3) is 22.3 Å². The summed E-state index contributed by atoms with van der Waals surface area (Å²) in [7, 11) is 0. The van der Waals surface area contributed by atoms with E-state index < -0.39 is 17.5 Å². The van der Waals surface area contributed by atoms with Crippen LogP contribution in [0.5, 0.6) is 11.5 Å². The molecule has 0 unspecified atom stereocenters. The lowest BCUT2D eigenvalue weighted by Crippen LogP contribution is -2.19. The van der Waals surface area contributed by atoms with E-state index in [0.29, 0.717) is 30.3 Å². The molecule has 0 radical (unpaired) electrons. The van der Waals surface area contributed by atoms with Gasteiger partial charge < -0.3 is 9.47 Å². The summed E-state index contributed by atoms with van der Waals surface area (Å²) in [4.78, 5) is 0. The first-order valence-corrected chi connectivity index (χ1v) is 9.62. The predicted octanol–water partition coefficient (Wildman–Crippen LogP) is 6.36. The molecule has 1 saturated carbocycles. The first-order chi connectivity index (χ1) is 13.0. The lowest BCUT2D eigenvalue weighted by molar-refractivity contribution is 0.182. The molecule has 5 heteroatoms. The fourth-order valence-electron chi connectivity index (χ4n) is 4.10. The second kappa shape index (κ2) is 7.10. The lowest BCUT2D eigenvalue weighted by atomic mass is 9.79. The number of hydrogen-bond donors (Lipinski definition) is 0. The van der Waals surface area contributed by atoms with Crippen LogP contribution in [0.3, 0.4) is 0 Å². The molecule has 27 heavy (non-hydrogen) atoms. The van der Waals surface area contributed by atoms with Crippen LogP contribution in [0, 0.1) is 29.3 Å². The van der Waals surface area contributed by atoms with Gasteiger partial charge in [0, 0.05) is 11.1 Å². The van der Waals surface area contributed by atoms with Gasteiger partial charge in [0.05, 0.1) is 13.2 Å². The van der Waals surface area contributed by atoms with Crippen LogP contribution in [0.15, 0.2) is 18.2 Å². The highest BCUT2D eigenvalue weighted by Crippen LogP contribution is 2.53. The predicted molar refractivity (Wildman–Crippen MR) is 98.5 cm³/mol. The van der Waals surface area contributed by atoms with E-state index in [1.54, 1.807) is 13.0 Å². The van der Waals surface area contributed by atoms with E-state index in [4.69, 9.17) is 9.47 Å². The Morgan fingerprint density at radius 1 is 0.852 bits per heavy atom. The number of fused-ring (bicyclic) bond motifs is 4. The smallest absolute Gasteiger partial charge is 0.201 e. The molecule has 0 N–H and O–H groups in total. The monoisotopic (exact) mass is 376 g/mol. The zero-order valence-electron chi connectivity index (χ0n) is 15.6. The second-order valence-corrected chi connectivity index (χ2v) is 7.60. The van der Waals surface area contributed by atoms with E-state index >= 15 is 0 Å². The Bertz CT molecular complexity index is 871. The average molecular weight is 376 g/mol. The van der Waals surface area contributed by atoms with Crippen molar-refractivity contribution in [3.05, 3.63) is 35.7 Å². The summed E-state index contributed by atoms with van der Waals surface area (Å²) in [6, 6.07) is 4.68. The summed E-state index contributed by atoms with van der Waals surface area (Å²) in [6.45, 7) is 4.65. The molecule has 2 aromatic rings. The van der Waals surface area contributed by atoms with Crippen molar-refractivity contribution in [2.24, 2.45) is 11.8 Å². The standard InChI is InChI=1S/C22H23F3O2/c1-3-26-16-9-8-14-15-10-17(27-11-13-6-4-12(2)5-7-13)21(24)22(25)19(15)18(14)20(16)23/h8-10,12-13H,3-7,11H2,1-2H3. The zero-order valence-corrected chi connectivity index (χ0v) is 15.6. The molecule has 1 fully saturated rings. The Hall–Kier alpha value is -2.17. The highest BCUT2D eigenvalue weighted by atomic mass is 19.2. The van der Waals surface area contributed by atoms with Crippen LogP contribution in [-0.4, -0.2) is 13.2 Å². The van der Waals surface area contributed by atoms with E-state index in [1.165, 1.54) is 12.1 Å². The quantitative estimate of drug-likeness (QED) is 0.516. The largest absolute Gasteiger partial charge is 0.491 e. The maximum absolute atomic E-state index is 14.6. The first kappa shape index (κ1) is 18.2. The third-order valence-corrected chi connectivity index (χ3v) is 5.73. The van der Waals surface area contributed by atoms with Gasteiger partial charge in [-0.3, -0.25) is 0 Å². The highest BCUT2D eigenvalue weighted by Gasteiger charge is 2.35. The molecule has 0 spiro atoms. The van der Waals surface area contributed by atoms with Gasteiger partial charge in [-0.15, -0.1) is 0 Å². The molecule has 2 aliphatic carbocycles. The van der Waals surface area contributed by atoms with E-state index in [-0.39, 0.29) is 22.6 Å². The van der Waals surface area contributed by atoms with Crippen molar-refractivity contribution in [3.63, 3.8) is 0 Å². The van der Waals surface area contributed by atoms with E-state index in [9.17, 15) is 13.2 Å². The summed E-state index contributed by atoms with van der Waals surface area (Å²) >= 11 is 0. The van der Waals surface area contributed by atoms with E-state index in [2.05, 4.69) is 6.92 Å². The van der Waals surface area contributed by atoms with Crippen LogP contribution in [0.1, 0.15) is 39.5 Å². The Labute approximate surface area is 157 Å². The van der Waals surface area contributed by atoms with Gasteiger partial charge in [0.25, 0.3) is 0 Å². The molecular weight excluding hydrogens is 353 g/mol. The zero-order chi connectivity index (χ0) is 19.1. The fourth-order valence-corrected chi connectivity index (χ4v) is 4.10. The summed E-state index contributed by atoms with van der Waals surface area (Å²) in [5.74, 6) is -1.71. The van der Waals surface area contributed by atoms with Crippen molar-refractivity contribution in [2.75, 3.05) is 13.2 Å². The molecule has 0 aromatic heterocycles. The Morgan fingerprint density at radius 2 is 1.56 bits per heavy atom. The Kier molecular flexibility index (Phi) is 4.79. The molecule has 0 atom stereocenters. The molecule has 4 rings (SSSR count). The number of ether oxygens (including phenoxy) is 2. The molecular formula is C22H23F3O2. The summed E-state index contributed by atoms with van der Waals surface area (Å²) in [6.07, 6.45) is 4.38. The third kappa shape index (κ3) is 3.07. The van der Waals surface area contributed by atoms with Gasteiger partial charge in [0.1, 0.15) is 0 Å². The molecule has 2 aromatic carbocycles. The lowest BCUT2D eigenvalue weighted by Gasteiger charge is -2.28. The van der Waals surface area contributed by atoms with Gasteiger partial charge in [0.2, 0.25) is 5.82 Å². The third-order valence-electron chi connectivity index (χ3n) is 5.73. The summed E-state index contributed by atoms with van der Waals surface area (Å²) < 4.78 is 54.6. The van der Waals surface area contributed by atoms with Crippen molar-refractivity contribution < 1.29 is 22.6 Å². The maximum Gasteiger partial charge on any atom is 0.201 e. The van der Waals surface area contributed by atoms with Crippen LogP contribution in [-0.2, 0) is 0 Å². The van der Waals surface area contributed by atoms with Gasteiger partial charge in [-0.1, -0.05) is 19.8 Å². The summed E-state index contributed by atoms with van der Waals surface area (Å²) in [5, 5.41) is 0. The minimum Gasteiger partial charge on any atom is -0.491 e. The molecule has 0 aliphatic heterocycles. The van der Waals surface area contributed by atoms with Crippen molar-refractivity contribution in [2.45, 2.75) is 39.5 Å². The normalized spacial score (nSPS) is 20.5. The number of hydrogen-bond acceptors (Lipinski definition) is 2. The van der Waals surface area contributed by atoms with Gasteiger partial charge in [-0.25, -0.2) is 8.78 Å². The average Bonchev–Trinajstić information content (AvgIpc) is 2.64. The van der Waals surface area contributed by atoms with Gasteiger partial charge in [-0.05, 0) is 60.9 Å². The molecule has 144 valence electrons. The fraction of sp³-hybridized carbons (Fsp3) is 0.455. The van der Waals surface area contributed by atoms with Crippen LogP contribution in [0.4, 0.5) is 13.2 Å². The number of benzene rings is 2. The molecule has 0 saturated heterocycles. The maximum atomic E-state index is 14.6. The minimum atomic E-state index is -1.06. The highest BCUT2D eigenvalue weighted by molar-refractivity contribution is 6.04. The van der Waals surface area contributed by atoms with Crippen molar-refractivity contribution >= 4 is 0 Å². The molecule has 0 heterocycles. The Morgan fingerprint density at radius 3 is 2.26 bits per heavy atom. The Balaban J connectivity index is 1.58. The number of rotatable bonds is 5. The van der Waals surface area contributed by atoms with Crippen LogP contribution >= 0.6 is 0 Å². The SMILES string of the molecule is CCOc1ccc2c(c1F)-c1c-2cc(OCC2CCC(C)CC2)c(F)c1F. The minimum absolute atomic E-state index is 0.0274. The topological polar surface area (TPSA) is 18.5 Å². The van der Waals surface area contributed by atoms with Crippen molar-refractivity contribution in [1.82, 2.24) is 0 Å². The second-order valence-electron chi connectivity index (χ2n) is 7.60. The first-order valence-electron chi connectivity index (χ1n) is 9.62. The molecule has 2 aliphatic rings. The summed E-state index contributed by atoms with van der Waals surface area (Å²) in [5.41, 5.74) is 1.10. The van der Waals surface area contributed by atoms with Crippen molar-refractivity contribution in [1.29, 1.82) is 0 Å². The van der Waals surface area contributed by atoms with Gasteiger partial charge in [0.15, 0.2) is 23.1 Å². The van der Waals surface area contributed by atoms with Crippen LogP contribution < -0.4 is 9.47 Å². The van der Waals surface area contributed by atoms with Gasteiger partial charge >= 0.3 is 0 Å². The molecule has 2 nitrogen and oxygen atoms in total. The van der Waals surface area contributed by atoms with Gasteiger partial charge in [-0.2, -0.15) is 4.39 Å². The van der Waals surface area contributed by atoms with E-state index in [1.807, 2.05) is 0 Å². The molecule has 0 bridgehead atoms. The molecule has 0 amide bonds. The van der Waals surface area contributed by atoms with E-state index in [0.717, 1.165) is 31.6 Å². The van der Waals surface area contributed by atoms with Crippen molar-refractivity contribution in [3.8, 4) is 33.8 Å². The van der Waals surface area contributed by atoms with Crippen LogP contribution in [0.2, 0.25) is 0 Å². The number of halogens is 3.